The molecule has 0 spiro atoms. The summed E-state index contributed by atoms with van der Waals surface area (Å²) in [7, 11) is 0.842. The Balaban J connectivity index is 2.25. The van der Waals surface area contributed by atoms with E-state index in [1.807, 2.05) is 6.07 Å². The highest BCUT2D eigenvalue weighted by atomic mass is 35.5. The third-order valence-electron chi connectivity index (χ3n) is 4.67. The summed E-state index contributed by atoms with van der Waals surface area (Å²) in [4.78, 5) is 25.2. The van der Waals surface area contributed by atoms with Gasteiger partial charge in [0.1, 0.15) is 23.9 Å². The van der Waals surface area contributed by atoms with Crippen LogP contribution in [0.4, 0.5) is 17.6 Å². The largest absolute Gasteiger partial charge is 0.487 e. The van der Waals surface area contributed by atoms with E-state index in [0.717, 1.165) is 18.7 Å². The van der Waals surface area contributed by atoms with Crippen molar-refractivity contribution >= 4 is 11.6 Å². The number of rotatable bonds is 6. The Kier molecular flexibility index (Phi) is 6.59. The van der Waals surface area contributed by atoms with Crippen LogP contribution in [0.2, 0.25) is 5.02 Å². The van der Waals surface area contributed by atoms with Crippen LogP contribution < -0.4 is 16.0 Å². The summed E-state index contributed by atoms with van der Waals surface area (Å²) in [6.45, 7) is 3.62. The van der Waals surface area contributed by atoms with Gasteiger partial charge >= 0.3 is 11.9 Å². The van der Waals surface area contributed by atoms with Crippen LogP contribution in [0.25, 0.3) is 5.69 Å². The fraction of sp³-hybridized carbons (Fsp3) is 0.182. The Hall–Kier alpha value is -3.33. The predicted octanol–water partition coefficient (Wildman–Crippen LogP) is 4.66. The molecule has 1 aromatic heterocycles. The molecule has 0 aliphatic heterocycles. The molecule has 3 aromatic rings. The minimum atomic E-state index is -4.95. The Morgan fingerprint density at radius 1 is 1.16 bits per heavy atom. The lowest BCUT2D eigenvalue weighted by molar-refractivity contribution is -0.144. The van der Waals surface area contributed by atoms with E-state index < -0.39 is 34.6 Å². The summed E-state index contributed by atoms with van der Waals surface area (Å²) in [6, 6.07) is 10.0. The van der Waals surface area contributed by atoms with Crippen LogP contribution in [-0.2, 0) is 26.3 Å². The second-order valence-electron chi connectivity index (χ2n) is 6.81. The van der Waals surface area contributed by atoms with Gasteiger partial charge in [-0.15, -0.1) is 6.58 Å². The van der Waals surface area contributed by atoms with E-state index in [-0.39, 0.29) is 40.0 Å². The van der Waals surface area contributed by atoms with Crippen LogP contribution in [0.1, 0.15) is 16.8 Å². The number of hydrogen-bond donors (Lipinski definition) is 0. The fourth-order valence-corrected chi connectivity index (χ4v) is 3.47. The lowest BCUT2D eigenvalue weighted by Gasteiger charge is -2.19. The van der Waals surface area contributed by atoms with Crippen molar-refractivity contribution in [1.29, 1.82) is 0 Å². The topological polar surface area (TPSA) is 53.2 Å². The molecule has 10 heteroatoms. The zero-order chi connectivity index (χ0) is 23.6. The zero-order valence-electron chi connectivity index (χ0n) is 16.7. The molecule has 0 fully saturated rings. The molecule has 0 atom stereocenters. The number of benzene rings is 2. The highest BCUT2D eigenvalue weighted by Crippen LogP contribution is 2.36. The third-order valence-corrected chi connectivity index (χ3v) is 4.95. The summed E-state index contributed by atoms with van der Waals surface area (Å²) in [5.41, 5.74) is -3.95. The SMILES string of the molecule is C=CCc1c(OCc2ccccc2)c(Cl)cc(F)c1-n1c(=O)cc(C(F)(F)F)n(C)c1=O. The summed E-state index contributed by atoms with van der Waals surface area (Å²) in [5.74, 6) is -1.08. The normalized spacial score (nSPS) is 11.4. The Bertz CT molecular complexity index is 1280. The summed E-state index contributed by atoms with van der Waals surface area (Å²) in [5, 5.41) is -0.129. The van der Waals surface area contributed by atoms with Crippen LogP contribution in [0.3, 0.4) is 0 Å². The number of ether oxygens (including phenoxy) is 1. The van der Waals surface area contributed by atoms with E-state index in [2.05, 4.69) is 6.58 Å². The van der Waals surface area contributed by atoms with Gasteiger partial charge in [0.2, 0.25) is 0 Å². The van der Waals surface area contributed by atoms with Crippen molar-refractivity contribution in [3.63, 3.8) is 0 Å². The van der Waals surface area contributed by atoms with Crippen molar-refractivity contribution in [3.05, 3.63) is 104 Å². The number of hydrogen-bond acceptors (Lipinski definition) is 3. The lowest BCUT2D eigenvalue weighted by atomic mass is 10.1. The average molecular weight is 469 g/mol. The average Bonchev–Trinajstić information content (AvgIpc) is 2.72. The second kappa shape index (κ2) is 9.04. The van der Waals surface area contributed by atoms with Crippen molar-refractivity contribution in [2.24, 2.45) is 7.05 Å². The van der Waals surface area contributed by atoms with Gasteiger partial charge in [-0.05, 0) is 18.1 Å². The van der Waals surface area contributed by atoms with Gasteiger partial charge in [-0.25, -0.2) is 13.8 Å². The standard InChI is InChI=1S/C22H17ClF4N2O3/c1-3-7-14-19(29-18(30)11-17(22(25,26)27)28(2)21(29)31)16(24)10-15(23)20(14)32-12-13-8-5-4-6-9-13/h3-6,8-11H,1,7,12H2,2H3. The zero-order valence-corrected chi connectivity index (χ0v) is 17.5. The van der Waals surface area contributed by atoms with Gasteiger partial charge in [0.05, 0.1) is 10.7 Å². The van der Waals surface area contributed by atoms with Crippen LogP contribution in [0, 0.1) is 5.82 Å². The molecule has 0 bridgehead atoms. The van der Waals surface area contributed by atoms with E-state index in [4.69, 9.17) is 16.3 Å². The molecule has 0 radical (unpaired) electrons. The molecule has 0 amide bonds. The first-order chi connectivity index (χ1) is 15.1. The first-order valence-corrected chi connectivity index (χ1v) is 9.63. The van der Waals surface area contributed by atoms with E-state index in [0.29, 0.717) is 4.57 Å². The van der Waals surface area contributed by atoms with E-state index in [1.54, 1.807) is 24.3 Å². The lowest BCUT2D eigenvalue weighted by Crippen LogP contribution is -2.41. The maximum atomic E-state index is 15.0. The summed E-state index contributed by atoms with van der Waals surface area (Å²) < 4.78 is 60.8. The minimum Gasteiger partial charge on any atom is -0.487 e. The number of alkyl halides is 3. The van der Waals surface area contributed by atoms with Gasteiger partial charge in [0.25, 0.3) is 5.56 Å². The Morgan fingerprint density at radius 2 is 1.81 bits per heavy atom. The van der Waals surface area contributed by atoms with Crippen LogP contribution in [0.5, 0.6) is 5.75 Å². The van der Waals surface area contributed by atoms with Crippen LogP contribution in [0.15, 0.2) is 64.7 Å². The van der Waals surface area contributed by atoms with Crippen molar-refractivity contribution in [3.8, 4) is 11.4 Å². The Morgan fingerprint density at radius 3 is 2.41 bits per heavy atom. The number of allylic oxidation sites excluding steroid dienone is 1. The van der Waals surface area contributed by atoms with Crippen molar-refractivity contribution in [1.82, 2.24) is 9.13 Å². The third kappa shape index (κ3) is 4.47. The molecule has 0 aliphatic carbocycles. The molecule has 168 valence electrons. The monoisotopic (exact) mass is 468 g/mol. The number of halogens is 5. The van der Waals surface area contributed by atoms with Gasteiger partial charge in [-0.2, -0.15) is 13.2 Å². The maximum absolute atomic E-state index is 15.0. The number of aromatic nitrogens is 2. The fourth-order valence-electron chi connectivity index (χ4n) is 3.21. The highest BCUT2D eigenvalue weighted by molar-refractivity contribution is 6.32. The van der Waals surface area contributed by atoms with E-state index >= 15 is 0 Å². The molecule has 0 unspecified atom stereocenters. The highest BCUT2D eigenvalue weighted by Gasteiger charge is 2.35. The molecule has 0 saturated heterocycles. The van der Waals surface area contributed by atoms with Crippen molar-refractivity contribution < 1.29 is 22.3 Å². The Labute approximate surface area is 184 Å². The molecular formula is C22H17ClF4N2O3. The van der Waals surface area contributed by atoms with Crippen molar-refractivity contribution in [2.45, 2.75) is 19.2 Å². The van der Waals surface area contributed by atoms with Crippen molar-refractivity contribution in [2.75, 3.05) is 0 Å². The molecule has 2 aromatic carbocycles. The molecule has 5 nitrogen and oxygen atoms in total. The molecule has 1 heterocycles. The van der Waals surface area contributed by atoms with Gasteiger partial charge < -0.3 is 4.74 Å². The van der Waals surface area contributed by atoms with Gasteiger partial charge in [0.15, 0.2) is 0 Å². The summed E-state index contributed by atoms with van der Waals surface area (Å²) in [6.07, 6.45) is -3.66. The van der Waals surface area contributed by atoms with Gasteiger partial charge in [-0.3, -0.25) is 9.36 Å². The van der Waals surface area contributed by atoms with Crippen LogP contribution in [-0.4, -0.2) is 9.13 Å². The van der Waals surface area contributed by atoms with Gasteiger partial charge in [0, 0.05) is 18.7 Å². The quantitative estimate of drug-likeness (QED) is 0.391. The van der Waals surface area contributed by atoms with E-state index in [1.165, 1.54) is 6.08 Å². The molecule has 32 heavy (non-hydrogen) atoms. The van der Waals surface area contributed by atoms with Gasteiger partial charge in [-0.1, -0.05) is 48.0 Å². The number of nitrogens with zero attached hydrogens (tertiary/aromatic N) is 2. The molecule has 0 aliphatic rings. The second-order valence-corrected chi connectivity index (χ2v) is 7.21. The predicted molar refractivity (Wildman–Crippen MR) is 112 cm³/mol. The minimum absolute atomic E-state index is 0.000102. The first-order valence-electron chi connectivity index (χ1n) is 9.25. The smallest absolute Gasteiger partial charge is 0.431 e. The van der Waals surface area contributed by atoms with Crippen LogP contribution >= 0.6 is 11.6 Å². The maximum Gasteiger partial charge on any atom is 0.431 e. The molecule has 0 N–H and O–H groups in total. The molecule has 3 rings (SSSR count). The molecular weight excluding hydrogens is 452 g/mol. The summed E-state index contributed by atoms with van der Waals surface area (Å²) >= 11 is 6.17. The van der Waals surface area contributed by atoms with E-state index in [9.17, 15) is 27.2 Å². The molecule has 0 saturated carbocycles. The first kappa shape index (κ1) is 23.3.